The molecule has 2 atom stereocenters. The number of amides is 3. The number of carbonyl (C=O) groups is 3. The zero-order valence-electron chi connectivity index (χ0n) is 14.1. The highest BCUT2D eigenvalue weighted by Gasteiger charge is 2.30. The van der Waals surface area contributed by atoms with Gasteiger partial charge in [0.2, 0.25) is 11.8 Å². The Morgan fingerprint density at radius 2 is 1.92 bits per heavy atom. The van der Waals surface area contributed by atoms with Crippen molar-refractivity contribution in [2.45, 2.75) is 38.1 Å². The van der Waals surface area contributed by atoms with Crippen LogP contribution in [0.1, 0.15) is 41.6 Å². The van der Waals surface area contributed by atoms with E-state index < -0.39 is 0 Å². The van der Waals surface area contributed by atoms with Crippen LogP contribution >= 0.6 is 12.4 Å². The van der Waals surface area contributed by atoms with Gasteiger partial charge in [-0.1, -0.05) is 12.1 Å². The smallest absolute Gasteiger partial charge is 0.254 e. The highest BCUT2D eigenvalue weighted by Crippen LogP contribution is 2.21. The molecule has 0 radical (unpaired) electrons. The number of nitrogens with zero attached hydrogens (tertiary/aromatic N) is 1. The molecule has 0 bridgehead atoms. The normalized spacial score (nSPS) is 23.2. The molecule has 1 aromatic rings. The number of nitrogens with two attached hydrogens (primary N) is 1. The molecular formula is C18H24ClN3O3. The van der Waals surface area contributed by atoms with E-state index in [-0.39, 0.29) is 48.5 Å². The van der Waals surface area contributed by atoms with Gasteiger partial charge in [0, 0.05) is 31.1 Å². The standard InChI is InChI=1S/C18H23N3O3.ClH/c19-11-15-3-1-2-8-21(15)18(24)13-6-4-12(5-7-13)9-14-10-16(22)20-17(14)23;/h4-7,14-15H,1-3,8-11,19H2,(H,20,22,23);1H. The quantitative estimate of drug-likeness (QED) is 0.786. The molecule has 0 aromatic heterocycles. The van der Waals surface area contributed by atoms with Gasteiger partial charge in [0.05, 0.1) is 5.92 Å². The number of hydrogen-bond donors (Lipinski definition) is 2. The third kappa shape index (κ3) is 4.38. The topological polar surface area (TPSA) is 92.5 Å². The summed E-state index contributed by atoms with van der Waals surface area (Å²) in [5.41, 5.74) is 7.39. The first-order valence-electron chi connectivity index (χ1n) is 8.52. The van der Waals surface area contributed by atoms with Gasteiger partial charge in [-0.05, 0) is 43.4 Å². The van der Waals surface area contributed by atoms with Crippen LogP contribution in [0, 0.1) is 5.92 Å². The summed E-state index contributed by atoms with van der Waals surface area (Å²) < 4.78 is 0. The van der Waals surface area contributed by atoms with Crippen LogP contribution < -0.4 is 11.1 Å². The summed E-state index contributed by atoms with van der Waals surface area (Å²) in [6, 6.07) is 7.46. The van der Waals surface area contributed by atoms with Crippen molar-refractivity contribution in [3.8, 4) is 0 Å². The molecule has 136 valence electrons. The average Bonchev–Trinajstić information content (AvgIpc) is 2.92. The third-order valence-electron chi connectivity index (χ3n) is 4.91. The van der Waals surface area contributed by atoms with Crippen LogP contribution in [0.4, 0.5) is 0 Å². The molecule has 3 N–H and O–H groups in total. The van der Waals surface area contributed by atoms with E-state index in [0.717, 1.165) is 31.4 Å². The number of likely N-dealkylation sites (tertiary alicyclic amines) is 1. The van der Waals surface area contributed by atoms with Gasteiger partial charge in [-0.2, -0.15) is 0 Å². The Morgan fingerprint density at radius 3 is 2.52 bits per heavy atom. The number of carbonyl (C=O) groups excluding carboxylic acids is 3. The van der Waals surface area contributed by atoms with E-state index in [1.54, 1.807) is 12.1 Å². The Hall–Kier alpha value is -1.92. The van der Waals surface area contributed by atoms with Crippen LogP contribution in [0.2, 0.25) is 0 Å². The number of hydrogen-bond acceptors (Lipinski definition) is 4. The summed E-state index contributed by atoms with van der Waals surface area (Å²) in [6.07, 6.45) is 3.86. The van der Waals surface area contributed by atoms with E-state index in [0.29, 0.717) is 18.5 Å². The van der Waals surface area contributed by atoms with Gasteiger partial charge in [-0.25, -0.2) is 0 Å². The largest absolute Gasteiger partial charge is 0.334 e. The maximum Gasteiger partial charge on any atom is 0.254 e. The fraction of sp³-hybridized carbons (Fsp3) is 0.500. The molecule has 2 unspecified atom stereocenters. The molecule has 2 fully saturated rings. The minimum Gasteiger partial charge on any atom is -0.334 e. The highest BCUT2D eigenvalue weighted by molar-refractivity contribution is 6.03. The lowest BCUT2D eigenvalue weighted by molar-refractivity contribution is -0.125. The Kier molecular flexibility index (Phi) is 6.56. The summed E-state index contributed by atoms with van der Waals surface area (Å²) in [7, 11) is 0. The first-order valence-corrected chi connectivity index (χ1v) is 8.52. The second kappa shape index (κ2) is 8.45. The maximum absolute atomic E-state index is 12.7. The van der Waals surface area contributed by atoms with Crippen LogP contribution in [-0.2, 0) is 16.0 Å². The summed E-state index contributed by atoms with van der Waals surface area (Å²) in [4.78, 5) is 37.4. The molecule has 0 aliphatic carbocycles. The Labute approximate surface area is 153 Å². The van der Waals surface area contributed by atoms with Crippen molar-refractivity contribution in [1.29, 1.82) is 0 Å². The van der Waals surface area contributed by atoms with Crippen molar-refractivity contribution in [2.24, 2.45) is 11.7 Å². The lowest BCUT2D eigenvalue weighted by Gasteiger charge is -2.35. The lowest BCUT2D eigenvalue weighted by atomic mass is 9.96. The van der Waals surface area contributed by atoms with Gasteiger partial charge < -0.3 is 10.6 Å². The predicted octanol–water partition coefficient (Wildman–Crippen LogP) is 1.27. The monoisotopic (exact) mass is 365 g/mol. The summed E-state index contributed by atoms with van der Waals surface area (Å²) in [5.74, 6) is -0.706. The van der Waals surface area contributed by atoms with Crippen molar-refractivity contribution in [2.75, 3.05) is 13.1 Å². The molecule has 2 saturated heterocycles. The number of nitrogens with one attached hydrogen (secondary N) is 1. The molecule has 7 heteroatoms. The number of piperidine rings is 1. The van der Waals surface area contributed by atoms with Crippen LogP contribution in [-0.4, -0.2) is 41.8 Å². The van der Waals surface area contributed by atoms with Gasteiger partial charge in [-0.3, -0.25) is 19.7 Å². The van der Waals surface area contributed by atoms with Crippen molar-refractivity contribution in [3.05, 3.63) is 35.4 Å². The van der Waals surface area contributed by atoms with E-state index in [1.165, 1.54) is 0 Å². The molecule has 0 spiro atoms. The lowest BCUT2D eigenvalue weighted by Crippen LogP contribution is -2.47. The molecule has 0 saturated carbocycles. The minimum atomic E-state index is -0.303. The minimum absolute atomic E-state index is 0. The number of imide groups is 1. The fourth-order valence-electron chi connectivity index (χ4n) is 3.52. The Bertz CT molecular complexity index is 647. The fourth-order valence-corrected chi connectivity index (χ4v) is 3.52. The number of benzene rings is 1. The molecule has 3 amide bonds. The Morgan fingerprint density at radius 1 is 1.20 bits per heavy atom. The zero-order valence-corrected chi connectivity index (χ0v) is 14.9. The van der Waals surface area contributed by atoms with E-state index in [1.807, 2.05) is 17.0 Å². The summed E-state index contributed by atoms with van der Waals surface area (Å²) in [6.45, 7) is 1.25. The molecule has 25 heavy (non-hydrogen) atoms. The van der Waals surface area contributed by atoms with Gasteiger partial charge in [-0.15, -0.1) is 12.4 Å². The summed E-state index contributed by atoms with van der Waals surface area (Å²) >= 11 is 0. The van der Waals surface area contributed by atoms with Crippen molar-refractivity contribution in [1.82, 2.24) is 10.2 Å². The number of halogens is 1. The molecule has 2 heterocycles. The van der Waals surface area contributed by atoms with E-state index >= 15 is 0 Å². The van der Waals surface area contributed by atoms with Crippen molar-refractivity contribution < 1.29 is 14.4 Å². The number of rotatable bonds is 4. The highest BCUT2D eigenvalue weighted by atomic mass is 35.5. The average molecular weight is 366 g/mol. The predicted molar refractivity (Wildman–Crippen MR) is 96.4 cm³/mol. The molecule has 6 nitrogen and oxygen atoms in total. The first kappa shape index (κ1) is 19.4. The molecular weight excluding hydrogens is 342 g/mol. The zero-order chi connectivity index (χ0) is 17.1. The van der Waals surface area contributed by atoms with E-state index in [2.05, 4.69) is 5.32 Å². The molecule has 2 aliphatic rings. The third-order valence-corrected chi connectivity index (χ3v) is 4.91. The van der Waals surface area contributed by atoms with Crippen molar-refractivity contribution in [3.63, 3.8) is 0 Å². The van der Waals surface area contributed by atoms with Crippen LogP contribution in [0.3, 0.4) is 0 Å². The van der Waals surface area contributed by atoms with Gasteiger partial charge in [0.15, 0.2) is 0 Å². The summed E-state index contributed by atoms with van der Waals surface area (Å²) in [5, 5.41) is 2.32. The molecule has 1 aromatic carbocycles. The second-order valence-electron chi connectivity index (χ2n) is 6.60. The second-order valence-corrected chi connectivity index (χ2v) is 6.60. The maximum atomic E-state index is 12.7. The van der Waals surface area contributed by atoms with Gasteiger partial charge in [0.25, 0.3) is 5.91 Å². The van der Waals surface area contributed by atoms with Gasteiger partial charge >= 0.3 is 0 Å². The Balaban J connectivity index is 0.00000225. The van der Waals surface area contributed by atoms with E-state index in [9.17, 15) is 14.4 Å². The van der Waals surface area contributed by atoms with Crippen molar-refractivity contribution >= 4 is 30.1 Å². The first-order chi connectivity index (χ1) is 11.6. The molecule has 3 rings (SSSR count). The van der Waals surface area contributed by atoms with E-state index in [4.69, 9.17) is 5.73 Å². The van der Waals surface area contributed by atoms with Gasteiger partial charge in [0.1, 0.15) is 0 Å². The SMILES string of the molecule is Cl.NCC1CCCCN1C(=O)c1ccc(CC2CC(=O)NC2=O)cc1. The van der Waals surface area contributed by atoms with Crippen LogP contribution in [0.15, 0.2) is 24.3 Å². The molecule has 2 aliphatic heterocycles. The van der Waals surface area contributed by atoms with Crippen LogP contribution in [0.5, 0.6) is 0 Å². The van der Waals surface area contributed by atoms with Crippen LogP contribution in [0.25, 0.3) is 0 Å².